The first-order valence-electron chi connectivity index (χ1n) is 12.5. The molecule has 1 aliphatic heterocycles. The number of fused-ring (bicyclic) bond motifs is 1. The van der Waals surface area contributed by atoms with Crippen molar-refractivity contribution >= 4 is 28.7 Å². The number of imide groups is 1. The Labute approximate surface area is 210 Å². The van der Waals surface area contributed by atoms with E-state index in [9.17, 15) is 14.4 Å². The highest BCUT2D eigenvalue weighted by Crippen LogP contribution is 2.36. The molecule has 188 valence electrons. The molecule has 8 nitrogen and oxygen atoms in total. The number of urea groups is 1. The second-order valence-corrected chi connectivity index (χ2v) is 10.0. The summed E-state index contributed by atoms with van der Waals surface area (Å²) in [4.78, 5) is 43.1. The van der Waals surface area contributed by atoms with Crippen LogP contribution in [0.15, 0.2) is 54.7 Å². The van der Waals surface area contributed by atoms with E-state index in [1.807, 2.05) is 48.7 Å². The molecule has 0 bridgehead atoms. The summed E-state index contributed by atoms with van der Waals surface area (Å²) in [6.45, 7) is 2.19. The maximum Gasteiger partial charge on any atom is 0.325 e. The van der Waals surface area contributed by atoms with Crippen molar-refractivity contribution in [2.75, 3.05) is 20.2 Å². The smallest absolute Gasteiger partial charge is 0.325 e. The highest BCUT2D eigenvalue weighted by molar-refractivity contribution is 6.09. The summed E-state index contributed by atoms with van der Waals surface area (Å²) in [5.74, 6) is 0.517. The van der Waals surface area contributed by atoms with E-state index in [0.29, 0.717) is 25.3 Å². The van der Waals surface area contributed by atoms with Crippen LogP contribution < -0.4 is 15.4 Å². The van der Waals surface area contributed by atoms with Gasteiger partial charge in [0.25, 0.3) is 5.91 Å². The van der Waals surface area contributed by atoms with Crippen LogP contribution >= 0.6 is 0 Å². The van der Waals surface area contributed by atoms with Crippen LogP contribution in [0.25, 0.3) is 10.9 Å². The van der Waals surface area contributed by atoms with Gasteiger partial charge in [-0.3, -0.25) is 14.5 Å². The number of nitrogens with zero attached hydrogens (tertiary/aromatic N) is 1. The Hall–Kier alpha value is -3.81. The fraction of sp³-hybridized carbons (Fsp3) is 0.393. The Morgan fingerprint density at radius 1 is 1.14 bits per heavy atom. The van der Waals surface area contributed by atoms with Gasteiger partial charge in [-0.2, -0.15) is 0 Å². The fourth-order valence-corrected chi connectivity index (χ4v) is 5.45. The van der Waals surface area contributed by atoms with Crippen LogP contribution in [0.2, 0.25) is 0 Å². The van der Waals surface area contributed by atoms with Crippen molar-refractivity contribution in [1.82, 2.24) is 20.5 Å². The van der Waals surface area contributed by atoms with Crippen LogP contribution in [0.4, 0.5) is 4.79 Å². The Morgan fingerprint density at radius 3 is 2.58 bits per heavy atom. The Morgan fingerprint density at radius 2 is 1.86 bits per heavy atom. The molecule has 1 aliphatic carbocycles. The molecule has 2 aliphatic rings. The van der Waals surface area contributed by atoms with Crippen LogP contribution in [0.3, 0.4) is 0 Å². The number of aromatic amines is 1. The van der Waals surface area contributed by atoms with Crippen molar-refractivity contribution in [3.8, 4) is 5.75 Å². The van der Waals surface area contributed by atoms with E-state index in [-0.39, 0.29) is 24.3 Å². The number of methoxy groups -OCH3 is 1. The van der Waals surface area contributed by atoms with Gasteiger partial charge < -0.3 is 20.4 Å². The monoisotopic (exact) mass is 488 g/mol. The summed E-state index contributed by atoms with van der Waals surface area (Å²) >= 11 is 0. The van der Waals surface area contributed by atoms with Gasteiger partial charge in [0.1, 0.15) is 17.8 Å². The molecule has 1 aromatic heterocycles. The van der Waals surface area contributed by atoms with E-state index < -0.39 is 11.6 Å². The fourth-order valence-electron chi connectivity index (χ4n) is 5.45. The van der Waals surface area contributed by atoms with Crippen molar-refractivity contribution in [3.05, 3.63) is 65.9 Å². The number of H-pyrrole nitrogens is 1. The van der Waals surface area contributed by atoms with Crippen molar-refractivity contribution in [3.63, 3.8) is 0 Å². The van der Waals surface area contributed by atoms with Crippen molar-refractivity contribution in [2.45, 2.75) is 44.1 Å². The number of aromatic nitrogens is 1. The van der Waals surface area contributed by atoms with Gasteiger partial charge in [0.2, 0.25) is 5.91 Å². The van der Waals surface area contributed by atoms with E-state index in [1.54, 1.807) is 7.11 Å². The zero-order valence-corrected chi connectivity index (χ0v) is 20.7. The number of rotatable bonds is 7. The average Bonchev–Trinajstić information content (AvgIpc) is 3.41. The largest absolute Gasteiger partial charge is 0.497 e. The first-order chi connectivity index (χ1) is 17.4. The molecule has 1 atom stereocenters. The number of amides is 4. The zero-order chi connectivity index (χ0) is 25.3. The van der Waals surface area contributed by atoms with Gasteiger partial charge in [-0.05, 0) is 60.9 Å². The Balaban J connectivity index is 1.32. The number of carbonyl (C=O) groups excluding carboxylic acids is 3. The number of hydrogen-bond acceptors (Lipinski definition) is 4. The Kier molecular flexibility index (Phi) is 6.43. The van der Waals surface area contributed by atoms with Crippen LogP contribution in [-0.2, 0) is 9.59 Å². The van der Waals surface area contributed by atoms with Crippen LogP contribution in [0, 0.1) is 5.92 Å². The van der Waals surface area contributed by atoms with Gasteiger partial charge in [-0.15, -0.1) is 0 Å². The predicted octanol–water partition coefficient (Wildman–Crippen LogP) is 3.93. The van der Waals surface area contributed by atoms with Gasteiger partial charge in [0.15, 0.2) is 0 Å². The van der Waals surface area contributed by atoms with Gasteiger partial charge in [0, 0.05) is 29.6 Å². The minimum absolute atomic E-state index is 0.134. The van der Waals surface area contributed by atoms with E-state index in [1.165, 1.54) is 0 Å². The van der Waals surface area contributed by atoms with E-state index in [4.69, 9.17) is 4.74 Å². The van der Waals surface area contributed by atoms with Crippen LogP contribution in [-0.4, -0.2) is 53.5 Å². The molecule has 2 fully saturated rings. The summed E-state index contributed by atoms with van der Waals surface area (Å²) in [5, 5.41) is 6.93. The molecule has 36 heavy (non-hydrogen) atoms. The Bertz CT molecular complexity index is 1270. The predicted molar refractivity (Wildman–Crippen MR) is 137 cm³/mol. The lowest BCUT2D eigenvalue weighted by molar-refractivity contribution is -0.136. The molecule has 0 unspecified atom stereocenters. The first kappa shape index (κ1) is 23.9. The van der Waals surface area contributed by atoms with E-state index in [0.717, 1.165) is 45.5 Å². The van der Waals surface area contributed by atoms with Gasteiger partial charge in [-0.1, -0.05) is 37.3 Å². The van der Waals surface area contributed by atoms with Crippen molar-refractivity contribution in [2.24, 2.45) is 5.92 Å². The highest BCUT2D eigenvalue weighted by atomic mass is 16.5. The molecule has 1 saturated heterocycles. The molecule has 5 rings (SSSR count). The number of carbonyl (C=O) groups is 3. The van der Waals surface area contributed by atoms with E-state index >= 15 is 0 Å². The third kappa shape index (κ3) is 4.43. The first-order valence-corrected chi connectivity index (χ1v) is 12.5. The summed E-state index contributed by atoms with van der Waals surface area (Å²) < 4.78 is 5.30. The van der Waals surface area contributed by atoms with Crippen molar-refractivity contribution < 1.29 is 19.1 Å². The molecule has 3 aromatic rings. The van der Waals surface area contributed by atoms with Gasteiger partial charge >= 0.3 is 6.03 Å². The molecular formula is C28H32N4O4. The number of hydrogen-bond donors (Lipinski definition) is 3. The quantitative estimate of drug-likeness (QED) is 0.439. The number of benzene rings is 2. The normalized spacial score (nSPS) is 22.6. The molecule has 4 amide bonds. The minimum Gasteiger partial charge on any atom is -0.497 e. The minimum atomic E-state index is -0.848. The topological polar surface area (TPSA) is 104 Å². The number of ether oxygens (including phenoxy) is 1. The highest BCUT2D eigenvalue weighted by Gasteiger charge is 2.52. The van der Waals surface area contributed by atoms with Crippen molar-refractivity contribution in [1.29, 1.82) is 0 Å². The standard InChI is InChI=1S/C28H32N4O4/c1-18-11-13-28(14-12-18)26(34)32(27(35)31-28)17-25(33)30-15-22(19-7-9-20(36-2)10-8-19)23-16-29-24-6-4-3-5-21(23)24/h3-10,16,18,22,29H,11-15,17H2,1-2H3,(H,30,33)(H,31,35)/t18?,22-,28?/m1/s1. The molecule has 1 saturated carbocycles. The zero-order valence-electron chi connectivity index (χ0n) is 20.7. The average molecular weight is 489 g/mol. The lowest BCUT2D eigenvalue weighted by atomic mass is 9.77. The molecule has 0 radical (unpaired) electrons. The van der Waals surface area contributed by atoms with Gasteiger partial charge in [-0.25, -0.2) is 4.79 Å². The SMILES string of the molecule is COc1ccc([C@@H](CNC(=O)CN2C(=O)NC3(CCC(C)CC3)C2=O)c2c[nH]c3ccccc23)cc1. The second-order valence-electron chi connectivity index (χ2n) is 10.0. The molecule has 1 spiro atoms. The number of para-hydroxylation sites is 1. The summed E-state index contributed by atoms with van der Waals surface area (Å²) in [7, 11) is 1.63. The van der Waals surface area contributed by atoms with Gasteiger partial charge in [0.05, 0.1) is 7.11 Å². The lowest BCUT2D eigenvalue weighted by Crippen LogP contribution is -2.50. The molecular weight excluding hydrogens is 456 g/mol. The second kappa shape index (κ2) is 9.68. The van der Waals surface area contributed by atoms with Crippen LogP contribution in [0.1, 0.15) is 49.7 Å². The molecule has 8 heteroatoms. The number of nitrogens with one attached hydrogen (secondary N) is 3. The van der Waals surface area contributed by atoms with Crippen LogP contribution in [0.5, 0.6) is 5.75 Å². The summed E-state index contributed by atoms with van der Waals surface area (Å²) in [5.41, 5.74) is 2.25. The maximum atomic E-state index is 13.1. The molecule has 2 aromatic carbocycles. The van der Waals surface area contributed by atoms with E-state index in [2.05, 4.69) is 28.6 Å². The molecule has 3 N–H and O–H groups in total. The maximum absolute atomic E-state index is 13.1. The summed E-state index contributed by atoms with van der Waals surface area (Å²) in [6.07, 6.45) is 4.99. The lowest BCUT2D eigenvalue weighted by Gasteiger charge is -2.33. The third-order valence-electron chi connectivity index (χ3n) is 7.69. The third-order valence-corrected chi connectivity index (χ3v) is 7.69. The molecule has 2 heterocycles. The summed E-state index contributed by atoms with van der Waals surface area (Å²) in [6, 6.07) is 15.3.